The Hall–Kier alpha value is -3.52. The molecule has 3 atom stereocenters. The van der Waals surface area contributed by atoms with E-state index >= 15 is 4.39 Å². The highest BCUT2D eigenvalue weighted by Crippen LogP contribution is 2.43. The first-order valence-corrected chi connectivity index (χ1v) is 14.2. The van der Waals surface area contributed by atoms with Crippen molar-refractivity contribution in [3.63, 3.8) is 0 Å². The third kappa shape index (κ3) is 6.28. The summed E-state index contributed by atoms with van der Waals surface area (Å²) in [6.07, 6.45) is 4.75. The average molecular weight is 547 g/mol. The molecule has 8 heteroatoms. The average Bonchev–Trinajstić information content (AvgIpc) is 3.38. The molecule has 2 aromatic carbocycles. The van der Waals surface area contributed by atoms with Crippen molar-refractivity contribution in [3.05, 3.63) is 77.4 Å². The van der Waals surface area contributed by atoms with Crippen LogP contribution < -0.4 is 10.1 Å². The van der Waals surface area contributed by atoms with Gasteiger partial charge < -0.3 is 19.7 Å². The number of benzene rings is 2. The van der Waals surface area contributed by atoms with E-state index in [0.29, 0.717) is 42.8 Å². The highest BCUT2D eigenvalue weighted by Gasteiger charge is 2.42. The molecule has 1 N–H and O–H groups in total. The number of ether oxygens (including phenoxy) is 2. The van der Waals surface area contributed by atoms with Gasteiger partial charge in [-0.25, -0.2) is 14.4 Å². The SMILES string of the molecule is COCCOc1ccc(Nc2ncc(F)c(C3CCC4CCN(C(=O)c5ccc(C(C)(C)C)cc5)C4C3)n2)cc1. The number of methoxy groups -OCH3 is 1. The number of halogens is 1. The van der Waals surface area contributed by atoms with Gasteiger partial charge in [0.15, 0.2) is 5.82 Å². The van der Waals surface area contributed by atoms with Crippen molar-refractivity contribution in [2.24, 2.45) is 5.92 Å². The summed E-state index contributed by atoms with van der Waals surface area (Å²) < 4.78 is 25.7. The van der Waals surface area contributed by atoms with Crippen LogP contribution in [0, 0.1) is 11.7 Å². The Morgan fingerprint density at radius 2 is 1.80 bits per heavy atom. The number of fused-ring (bicyclic) bond motifs is 1. The molecule has 2 aliphatic rings. The lowest BCUT2D eigenvalue weighted by Gasteiger charge is -2.36. The summed E-state index contributed by atoms with van der Waals surface area (Å²) in [7, 11) is 1.63. The topological polar surface area (TPSA) is 76.6 Å². The summed E-state index contributed by atoms with van der Waals surface area (Å²) in [4.78, 5) is 24.3. The second-order valence-electron chi connectivity index (χ2n) is 11.9. The Morgan fingerprint density at radius 1 is 1.05 bits per heavy atom. The maximum atomic E-state index is 15.0. The van der Waals surface area contributed by atoms with Gasteiger partial charge in [0.1, 0.15) is 12.4 Å². The monoisotopic (exact) mass is 546 g/mol. The van der Waals surface area contributed by atoms with Gasteiger partial charge in [0.2, 0.25) is 5.95 Å². The summed E-state index contributed by atoms with van der Waals surface area (Å²) in [5, 5.41) is 3.18. The van der Waals surface area contributed by atoms with Crippen LogP contribution in [0.25, 0.3) is 0 Å². The minimum Gasteiger partial charge on any atom is -0.491 e. The summed E-state index contributed by atoms with van der Waals surface area (Å²) in [6.45, 7) is 8.24. The van der Waals surface area contributed by atoms with E-state index in [0.717, 1.165) is 37.2 Å². The minimum atomic E-state index is -0.399. The van der Waals surface area contributed by atoms with Crippen LogP contribution in [0.1, 0.15) is 74.0 Å². The molecule has 1 amide bonds. The maximum absolute atomic E-state index is 15.0. The molecule has 3 unspecified atom stereocenters. The molecule has 212 valence electrons. The first-order chi connectivity index (χ1) is 19.2. The third-order valence-electron chi connectivity index (χ3n) is 8.18. The molecule has 1 saturated heterocycles. The standard InChI is InChI=1S/C32H39FN4O3/c1-32(2,3)24-9-7-22(8-10-24)30(38)37-16-15-21-5-6-23(19-28(21)37)29-27(33)20-34-31(36-29)35-25-11-13-26(14-12-25)40-18-17-39-4/h7-14,20-21,23,28H,5-6,15-19H2,1-4H3,(H,34,35,36). The number of nitrogens with one attached hydrogen (secondary N) is 1. The lowest BCUT2D eigenvalue weighted by atomic mass is 9.77. The minimum absolute atomic E-state index is 0.0359. The molecular formula is C32H39FN4O3. The van der Waals surface area contributed by atoms with E-state index in [2.05, 4.69) is 48.2 Å². The van der Waals surface area contributed by atoms with Gasteiger partial charge in [0.05, 0.1) is 18.5 Å². The van der Waals surface area contributed by atoms with Crippen LogP contribution in [0.5, 0.6) is 5.75 Å². The van der Waals surface area contributed by atoms with Crippen molar-refractivity contribution in [2.75, 3.05) is 32.2 Å². The van der Waals surface area contributed by atoms with E-state index in [1.165, 1.54) is 11.8 Å². The zero-order valence-corrected chi connectivity index (χ0v) is 23.8. The number of rotatable bonds is 8. The molecule has 2 heterocycles. The molecule has 1 aliphatic heterocycles. The van der Waals surface area contributed by atoms with Gasteiger partial charge in [-0.05, 0) is 79.0 Å². The highest BCUT2D eigenvalue weighted by atomic mass is 19.1. The van der Waals surface area contributed by atoms with Gasteiger partial charge >= 0.3 is 0 Å². The zero-order chi connectivity index (χ0) is 28.3. The summed E-state index contributed by atoms with van der Waals surface area (Å²) >= 11 is 0. The van der Waals surface area contributed by atoms with Crippen LogP contribution in [-0.2, 0) is 10.2 Å². The molecule has 5 rings (SSSR count). The van der Waals surface area contributed by atoms with Crippen molar-refractivity contribution in [1.29, 1.82) is 0 Å². The Labute approximate surface area is 236 Å². The van der Waals surface area contributed by atoms with Gasteiger partial charge in [0, 0.05) is 36.9 Å². The van der Waals surface area contributed by atoms with Gasteiger partial charge in [0.25, 0.3) is 5.91 Å². The lowest BCUT2D eigenvalue weighted by Crippen LogP contribution is -2.41. The van der Waals surface area contributed by atoms with Gasteiger partial charge in [-0.3, -0.25) is 4.79 Å². The van der Waals surface area contributed by atoms with Gasteiger partial charge in [-0.15, -0.1) is 0 Å². The number of carbonyl (C=O) groups is 1. The van der Waals surface area contributed by atoms with Crippen molar-refractivity contribution in [3.8, 4) is 5.75 Å². The van der Waals surface area contributed by atoms with Gasteiger partial charge in [-0.2, -0.15) is 0 Å². The number of likely N-dealkylation sites (tertiary alicyclic amines) is 1. The van der Waals surface area contributed by atoms with E-state index in [1.807, 2.05) is 41.3 Å². The van der Waals surface area contributed by atoms with Crippen LogP contribution in [0.15, 0.2) is 54.7 Å². The number of hydrogen-bond donors (Lipinski definition) is 1. The normalized spacial score (nSPS) is 20.7. The molecule has 7 nitrogen and oxygen atoms in total. The smallest absolute Gasteiger partial charge is 0.254 e. The number of hydrogen-bond acceptors (Lipinski definition) is 6. The Morgan fingerprint density at radius 3 is 2.50 bits per heavy atom. The van der Waals surface area contributed by atoms with Crippen molar-refractivity contribution < 1.29 is 18.7 Å². The number of carbonyl (C=O) groups excluding carboxylic acids is 1. The fraction of sp³-hybridized carbons (Fsp3) is 0.469. The summed E-state index contributed by atoms with van der Waals surface area (Å²) in [6, 6.07) is 15.5. The molecule has 0 bridgehead atoms. The van der Waals surface area contributed by atoms with E-state index in [1.54, 1.807) is 7.11 Å². The fourth-order valence-electron chi connectivity index (χ4n) is 5.91. The molecule has 1 aromatic heterocycles. The van der Waals surface area contributed by atoms with Crippen LogP contribution >= 0.6 is 0 Å². The van der Waals surface area contributed by atoms with Crippen molar-refractivity contribution in [2.45, 2.75) is 63.8 Å². The maximum Gasteiger partial charge on any atom is 0.254 e. The van der Waals surface area contributed by atoms with Crippen molar-refractivity contribution >= 4 is 17.5 Å². The first kappa shape index (κ1) is 28.0. The quantitative estimate of drug-likeness (QED) is 0.326. The first-order valence-electron chi connectivity index (χ1n) is 14.2. The Balaban J connectivity index is 1.27. The van der Waals surface area contributed by atoms with E-state index < -0.39 is 5.82 Å². The van der Waals surface area contributed by atoms with E-state index in [9.17, 15) is 4.79 Å². The number of nitrogens with zero attached hydrogens (tertiary/aromatic N) is 3. The van der Waals surface area contributed by atoms with Gasteiger partial charge in [-0.1, -0.05) is 32.9 Å². The lowest BCUT2D eigenvalue weighted by molar-refractivity contribution is 0.0678. The number of anilines is 2. The highest BCUT2D eigenvalue weighted by molar-refractivity contribution is 5.94. The van der Waals surface area contributed by atoms with Crippen LogP contribution in [0.3, 0.4) is 0 Å². The van der Waals surface area contributed by atoms with Crippen LogP contribution in [-0.4, -0.2) is 53.7 Å². The molecule has 0 spiro atoms. The summed E-state index contributed by atoms with van der Waals surface area (Å²) in [5.41, 5.74) is 3.16. The van der Waals surface area contributed by atoms with Crippen molar-refractivity contribution in [1.82, 2.24) is 14.9 Å². The number of amides is 1. The molecule has 1 saturated carbocycles. The molecular weight excluding hydrogens is 507 g/mol. The molecule has 40 heavy (non-hydrogen) atoms. The Bertz CT molecular complexity index is 1310. The predicted molar refractivity (Wildman–Crippen MR) is 154 cm³/mol. The summed E-state index contributed by atoms with van der Waals surface area (Å²) in [5.74, 6) is 1.13. The van der Waals surface area contributed by atoms with Crippen LogP contribution in [0.2, 0.25) is 0 Å². The molecule has 3 aromatic rings. The molecule has 0 radical (unpaired) electrons. The van der Waals surface area contributed by atoms with Crippen LogP contribution in [0.4, 0.5) is 16.0 Å². The van der Waals surface area contributed by atoms with E-state index in [-0.39, 0.29) is 23.3 Å². The largest absolute Gasteiger partial charge is 0.491 e. The zero-order valence-electron chi connectivity index (χ0n) is 23.8. The fourth-order valence-corrected chi connectivity index (χ4v) is 5.91. The third-order valence-corrected chi connectivity index (χ3v) is 8.18. The van der Waals surface area contributed by atoms with E-state index in [4.69, 9.17) is 9.47 Å². The predicted octanol–water partition coefficient (Wildman–Crippen LogP) is 6.48. The molecule has 1 aliphatic carbocycles. The Kier molecular flexibility index (Phi) is 8.35. The molecule has 2 fully saturated rings. The number of aromatic nitrogens is 2. The second kappa shape index (κ2) is 11.9. The second-order valence-corrected chi connectivity index (χ2v) is 11.9.